The first-order valence-corrected chi connectivity index (χ1v) is 6.75. The van der Waals surface area contributed by atoms with E-state index in [0.29, 0.717) is 23.5 Å². The minimum Gasteiger partial charge on any atom is -0.495 e. The number of benzene rings is 1. The lowest BCUT2D eigenvalue weighted by Crippen LogP contribution is -2.28. The third-order valence-corrected chi connectivity index (χ3v) is 3.07. The van der Waals surface area contributed by atoms with E-state index in [1.165, 1.54) is 12.0 Å². The zero-order valence-electron chi connectivity index (χ0n) is 13.2. The largest absolute Gasteiger partial charge is 0.495 e. The van der Waals surface area contributed by atoms with Crippen molar-refractivity contribution in [2.45, 2.75) is 6.92 Å². The maximum atomic E-state index is 12.0. The van der Waals surface area contributed by atoms with Crippen molar-refractivity contribution >= 4 is 17.5 Å². The lowest BCUT2D eigenvalue weighted by Gasteiger charge is -2.16. The van der Waals surface area contributed by atoms with E-state index in [4.69, 9.17) is 4.74 Å². The summed E-state index contributed by atoms with van der Waals surface area (Å²) in [6.45, 7) is 2.42. The first kappa shape index (κ1) is 17.0. The van der Waals surface area contributed by atoms with Crippen molar-refractivity contribution in [3.05, 3.63) is 23.8 Å². The Balaban J connectivity index is 2.94. The number of rotatable bonds is 6. The van der Waals surface area contributed by atoms with Crippen molar-refractivity contribution in [1.82, 2.24) is 10.2 Å². The van der Waals surface area contributed by atoms with Gasteiger partial charge < -0.3 is 20.3 Å². The second-order valence-electron chi connectivity index (χ2n) is 5.06. The minimum absolute atomic E-state index is 0.102. The summed E-state index contributed by atoms with van der Waals surface area (Å²) in [6, 6.07) is 4.98. The molecule has 0 radical (unpaired) electrons. The summed E-state index contributed by atoms with van der Waals surface area (Å²) >= 11 is 0. The summed E-state index contributed by atoms with van der Waals surface area (Å²) in [5.74, 6) is 0.0829. The van der Waals surface area contributed by atoms with E-state index in [1.54, 1.807) is 39.3 Å². The zero-order valence-corrected chi connectivity index (χ0v) is 13.2. The Hall–Kier alpha value is -2.08. The predicted octanol–water partition coefficient (Wildman–Crippen LogP) is 1.19. The maximum Gasteiger partial charge on any atom is 0.253 e. The number of anilines is 1. The van der Waals surface area contributed by atoms with Gasteiger partial charge in [0.2, 0.25) is 5.91 Å². The Morgan fingerprint density at radius 2 is 2.00 bits per heavy atom. The molecule has 0 saturated heterocycles. The van der Waals surface area contributed by atoms with Crippen LogP contribution in [0.2, 0.25) is 0 Å². The molecule has 1 rings (SSSR count). The van der Waals surface area contributed by atoms with Gasteiger partial charge in [-0.2, -0.15) is 0 Å². The Morgan fingerprint density at radius 1 is 1.33 bits per heavy atom. The summed E-state index contributed by atoms with van der Waals surface area (Å²) in [5, 5.41) is 5.77. The molecule has 6 nitrogen and oxygen atoms in total. The Kier molecular flexibility index (Phi) is 6.17. The third kappa shape index (κ3) is 4.46. The molecule has 2 N–H and O–H groups in total. The number of nitrogens with one attached hydrogen (secondary N) is 2. The molecule has 0 fully saturated rings. The standard InChI is InChI=1S/C15H23N3O3/c1-10(9-16-2)14(19)17-12-7-6-11(8-13(12)21-5)15(20)18(3)4/h6-8,10,16H,9H2,1-5H3,(H,17,19). The van der Waals surface area contributed by atoms with E-state index in [1.807, 2.05) is 6.92 Å². The Labute approximate surface area is 125 Å². The number of methoxy groups -OCH3 is 1. The van der Waals surface area contributed by atoms with Crippen LogP contribution in [0.25, 0.3) is 0 Å². The molecular weight excluding hydrogens is 270 g/mol. The van der Waals surface area contributed by atoms with E-state index >= 15 is 0 Å². The number of carbonyl (C=O) groups excluding carboxylic acids is 2. The molecule has 0 aromatic heterocycles. The van der Waals surface area contributed by atoms with Crippen LogP contribution in [0, 0.1) is 5.92 Å². The van der Waals surface area contributed by atoms with Gasteiger partial charge in [-0.3, -0.25) is 9.59 Å². The number of ether oxygens (including phenoxy) is 1. The van der Waals surface area contributed by atoms with Crippen LogP contribution < -0.4 is 15.4 Å². The van der Waals surface area contributed by atoms with Crippen molar-refractivity contribution in [3.8, 4) is 5.75 Å². The lowest BCUT2D eigenvalue weighted by atomic mass is 10.1. The molecule has 1 aromatic rings. The van der Waals surface area contributed by atoms with Crippen LogP contribution in [0.1, 0.15) is 17.3 Å². The topological polar surface area (TPSA) is 70.7 Å². The van der Waals surface area contributed by atoms with Gasteiger partial charge in [0.25, 0.3) is 5.91 Å². The Morgan fingerprint density at radius 3 is 2.52 bits per heavy atom. The van der Waals surface area contributed by atoms with Crippen LogP contribution in [0.5, 0.6) is 5.75 Å². The van der Waals surface area contributed by atoms with Gasteiger partial charge in [0.05, 0.1) is 12.8 Å². The normalized spacial score (nSPS) is 11.7. The molecule has 0 aliphatic heterocycles. The average Bonchev–Trinajstić information content (AvgIpc) is 2.46. The van der Waals surface area contributed by atoms with E-state index in [0.717, 1.165) is 0 Å². The highest BCUT2D eigenvalue weighted by molar-refractivity contribution is 5.97. The quantitative estimate of drug-likeness (QED) is 0.826. The SMILES string of the molecule is CNCC(C)C(=O)Nc1ccc(C(=O)N(C)C)cc1OC. The van der Waals surface area contributed by atoms with Gasteiger partial charge in [0, 0.05) is 32.1 Å². The summed E-state index contributed by atoms with van der Waals surface area (Å²) in [5.41, 5.74) is 1.07. The van der Waals surface area contributed by atoms with Gasteiger partial charge in [-0.25, -0.2) is 0 Å². The number of hydrogen-bond acceptors (Lipinski definition) is 4. The third-order valence-electron chi connectivity index (χ3n) is 3.07. The fourth-order valence-corrected chi connectivity index (χ4v) is 1.84. The van der Waals surface area contributed by atoms with Crippen LogP contribution in [0.4, 0.5) is 5.69 Å². The fraction of sp³-hybridized carbons (Fsp3) is 0.467. The predicted molar refractivity (Wildman–Crippen MR) is 82.7 cm³/mol. The van der Waals surface area contributed by atoms with E-state index in [-0.39, 0.29) is 17.7 Å². The second kappa shape index (κ2) is 7.64. The summed E-state index contributed by atoms with van der Waals surface area (Å²) in [6.07, 6.45) is 0. The summed E-state index contributed by atoms with van der Waals surface area (Å²) in [7, 11) is 6.67. The first-order valence-electron chi connectivity index (χ1n) is 6.75. The molecule has 1 aromatic carbocycles. The molecule has 0 spiro atoms. The molecule has 0 bridgehead atoms. The van der Waals surface area contributed by atoms with Crippen LogP contribution in [0.15, 0.2) is 18.2 Å². The summed E-state index contributed by atoms with van der Waals surface area (Å²) < 4.78 is 5.26. The average molecular weight is 293 g/mol. The highest BCUT2D eigenvalue weighted by atomic mass is 16.5. The van der Waals surface area contributed by atoms with Crippen molar-refractivity contribution in [1.29, 1.82) is 0 Å². The first-order chi connectivity index (χ1) is 9.90. The van der Waals surface area contributed by atoms with Crippen LogP contribution in [0.3, 0.4) is 0 Å². The number of nitrogens with zero attached hydrogens (tertiary/aromatic N) is 1. The molecule has 1 atom stereocenters. The molecule has 0 heterocycles. The molecule has 1 unspecified atom stereocenters. The fourth-order valence-electron chi connectivity index (χ4n) is 1.84. The molecule has 0 saturated carbocycles. The molecule has 0 aliphatic carbocycles. The molecule has 2 amide bonds. The monoisotopic (exact) mass is 293 g/mol. The van der Waals surface area contributed by atoms with Gasteiger partial charge in [-0.15, -0.1) is 0 Å². The molecule has 116 valence electrons. The van der Waals surface area contributed by atoms with Gasteiger partial charge in [0.1, 0.15) is 5.75 Å². The molecule has 6 heteroatoms. The van der Waals surface area contributed by atoms with Crippen LogP contribution in [-0.2, 0) is 4.79 Å². The number of hydrogen-bond donors (Lipinski definition) is 2. The van der Waals surface area contributed by atoms with E-state index < -0.39 is 0 Å². The van der Waals surface area contributed by atoms with Gasteiger partial charge in [-0.1, -0.05) is 6.92 Å². The zero-order chi connectivity index (χ0) is 16.0. The van der Waals surface area contributed by atoms with Crippen molar-refractivity contribution in [2.75, 3.05) is 40.1 Å². The van der Waals surface area contributed by atoms with E-state index in [2.05, 4.69) is 10.6 Å². The van der Waals surface area contributed by atoms with Crippen molar-refractivity contribution < 1.29 is 14.3 Å². The smallest absolute Gasteiger partial charge is 0.253 e. The molecule has 0 aliphatic rings. The Bertz CT molecular complexity index is 515. The van der Waals surface area contributed by atoms with Gasteiger partial charge >= 0.3 is 0 Å². The van der Waals surface area contributed by atoms with Crippen LogP contribution >= 0.6 is 0 Å². The molecule has 21 heavy (non-hydrogen) atoms. The van der Waals surface area contributed by atoms with Crippen molar-refractivity contribution in [3.63, 3.8) is 0 Å². The minimum atomic E-state index is -0.164. The highest BCUT2D eigenvalue weighted by Gasteiger charge is 2.16. The second-order valence-corrected chi connectivity index (χ2v) is 5.06. The van der Waals surface area contributed by atoms with E-state index in [9.17, 15) is 9.59 Å². The highest BCUT2D eigenvalue weighted by Crippen LogP contribution is 2.26. The maximum absolute atomic E-state index is 12.0. The number of carbonyl (C=O) groups is 2. The van der Waals surface area contributed by atoms with Gasteiger partial charge in [0.15, 0.2) is 0 Å². The number of amides is 2. The van der Waals surface area contributed by atoms with Crippen LogP contribution in [-0.4, -0.2) is 51.5 Å². The van der Waals surface area contributed by atoms with Gasteiger partial charge in [-0.05, 0) is 25.2 Å². The molecular formula is C15H23N3O3. The summed E-state index contributed by atoms with van der Waals surface area (Å²) in [4.78, 5) is 25.4. The lowest BCUT2D eigenvalue weighted by molar-refractivity contribution is -0.119. The van der Waals surface area contributed by atoms with Crippen molar-refractivity contribution in [2.24, 2.45) is 5.92 Å².